The van der Waals surface area contributed by atoms with Crippen LogP contribution in [0.4, 0.5) is 0 Å². The van der Waals surface area contributed by atoms with Crippen LogP contribution in [0.25, 0.3) is 0 Å². The molecule has 1 aliphatic carbocycles. The Kier molecular flexibility index (Phi) is 21.5. The van der Waals surface area contributed by atoms with Gasteiger partial charge in [-0.3, -0.25) is 28.8 Å². The van der Waals surface area contributed by atoms with Gasteiger partial charge in [0.15, 0.2) is 0 Å². The first-order valence-corrected chi connectivity index (χ1v) is 17.7. The number of hydrogen-bond acceptors (Lipinski definition) is 7. The average Bonchev–Trinajstić information content (AvgIpc) is 3.02. The van der Waals surface area contributed by atoms with E-state index in [4.69, 9.17) is 5.73 Å². The molecular weight excluding hydrogens is 622 g/mol. The summed E-state index contributed by atoms with van der Waals surface area (Å²) in [6, 6.07) is -5.20. The van der Waals surface area contributed by atoms with Crippen LogP contribution in [0.3, 0.4) is 0 Å². The largest absolute Gasteiger partial charge is 0.481 e. The zero-order valence-electron chi connectivity index (χ0n) is 28.9. The highest BCUT2D eigenvalue weighted by atomic mass is 16.4. The fraction of sp³-hybridized carbons (Fsp3) is 0.794. The highest BCUT2D eigenvalue weighted by molar-refractivity contribution is 5.96. The predicted molar refractivity (Wildman–Crippen MR) is 179 cm³/mol. The molecule has 1 saturated carbocycles. The van der Waals surface area contributed by atoms with E-state index >= 15 is 0 Å². The summed E-state index contributed by atoms with van der Waals surface area (Å²) >= 11 is 0. The molecule has 0 bridgehead atoms. The Morgan fingerprint density at radius 1 is 0.646 bits per heavy atom. The fourth-order valence-corrected chi connectivity index (χ4v) is 6.08. The van der Waals surface area contributed by atoms with Gasteiger partial charge >= 0.3 is 11.9 Å². The molecule has 4 atom stereocenters. The number of nitrogens with two attached hydrogens (primary N) is 1. The maximum Gasteiger partial charge on any atom is 0.326 e. The molecule has 0 spiro atoms. The van der Waals surface area contributed by atoms with Gasteiger partial charge in [-0.05, 0) is 25.2 Å². The zero-order chi connectivity index (χ0) is 35.9. The quantitative estimate of drug-likeness (QED) is 0.0664. The van der Waals surface area contributed by atoms with Crippen LogP contribution in [0.15, 0.2) is 0 Å². The second-order valence-electron chi connectivity index (χ2n) is 13.1. The third kappa shape index (κ3) is 19.2. The van der Waals surface area contributed by atoms with Crippen LogP contribution >= 0.6 is 0 Å². The molecule has 0 saturated heterocycles. The molecule has 0 aromatic carbocycles. The van der Waals surface area contributed by atoms with E-state index in [2.05, 4.69) is 28.2 Å². The summed E-state index contributed by atoms with van der Waals surface area (Å²) in [5.74, 6) is -6.28. The Hall–Kier alpha value is -3.71. The van der Waals surface area contributed by atoms with Crippen LogP contribution < -0.4 is 27.0 Å². The molecule has 14 nitrogen and oxygen atoms in total. The fourth-order valence-electron chi connectivity index (χ4n) is 6.08. The second kappa shape index (κ2) is 24.4. The Morgan fingerprint density at radius 3 is 1.67 bits per heavy atom. The topological polar surface area (TPSA) is 234 Å². The number of rotatable bonds is 26. The van der Waals surface area contributed by atoms with Crippen LogP contribution in [-0.4, -0.2) is 75.9 Å². The van der Waals surface area contributed by atoms with Crippen molar-refractivity contribution in [3.63, 3.8) is 0 Å². The zero-order valence-corrected chi connectivity index (χ0v) is 28.9. The Balaban J connectivity index is 2.93. The number of carbonyl (C=O) groups is 7. The van der Waals surface area contributed by atoms with Crippen molar-refractivity contribution >= 4 is 41.5 Å². The third-order valence-corrected chi connectivity index (χ3v) is 8.77. The molecule has 14 heteroatoms. The maximum atomic E-state index is 13.6. The number of aliphatic carboxylic acids is 2. The Bertz CT molecular complexity index is 1050. The molecule has 0 aliphatic heterocycles. The van der Waals surface area contributed by atoms with Crippen LogP contribution in [0.1, 0.15) is 142 Å². The van der Waals surface area contributed by atoms with Gasteiger partial charge in [-0.2, -0.15) is 0 Å². The highest BCUT2D eigenvalue weighted by Gasteiger charge is 2.33. The van der Waals surface area contributed by atoms with Gasteiger partial charge in [-0.1, -0.05) is 103 Å². The van der Waals surface area contributed by atoms with Gasteiger partial charge < -0.3 is 37.2 Å². The molecule has 274 valence electrons. The van der Waals surface area contributed by atoms with Gasteiger partial charge in [0.05, 0.1) is 6.42 Å². The standard InChI is InChI=1S/C34H59N5O9/c1-3-4-5-6-7-8-9-10-11-15-18-26(34(47)48)37-33(46)28(22-30(42)43)39-32(45)27(21-24-16-13-12-14-17-24)38-31(44)25(36-23(2)40)19-20-29(35)41/h24-28H,3-22H2,1-2H3,(H2,35,41)(H,36,40)(H,37,46)(H,38,44)(H,39,45)(H,42,43)(H,47,48)/t25-,26?,27?,28-/m0/s1. The second-order valence-corrected chi connectivity index (χ2v) is 13.1. The predicted octanol–water partition coefficient (Wildman–Crippen LogP) is 3.05. The number of carboxylic acids is 2. The summed E-state index contributed by atoms with van der Waals surface area (Å²) < 4.78 is 0. The van der Waals surface area contributed by atoms with Crippen molar-refractivity contribution < 1.29 is 43.8 Å². The molecule has 5 amide bonds. The van der Waals surface area contributed by atoms with Crippen molar-refractivity contribution in [1.29, 1.82) is 0 Å². The average molecular weight is 682 g/mol. The molecule has 48 heavy (non-hydrogen) atoms. The van der Waals surface area contributed by atoms with Crippen molar-refractivity contribution in [1.82, 2.24) is 21.3 Å². The molecule has 0 radical (unpaired) electrons. The van der Waals surface area contributed by atoms with Crippen LogP contribution in [0, 0.1) is 5.92 Å². The van der Waals surface area contributed by atoms with Crippen molar-refractivity contribution in [3.05, 3.63) is 0 Å². The first-order valence-electron chi connectivity index (χ1n) is 17.7. The Morgan fingerprint density at radius 2 is 1.15 bits per heavy atom. The lowest BCUT2D eigenvalue weighted by atomic mass is 9.84. The van der Waals surface area contributed by atoms with Crippen molar-refractivity contribution in [2.75, 3.05) is 0 Å². The summed E-state index contributed by atoms with van der Waals surface area (Å²) in [6.07, 6.45) is 14.4. The third-order valence-electron chi connectivity index (χ3n) is 8.77. The number of hydrogen-bond donors (Lipinski definition) is 7. The summed E-state index contributed by atoms with van der Waals surface area (Å²) in [6.45, 7) is 3.38. The van der Waals surface area contributed by atoms with Gasteiger partial charge in [0.2, 0.25) is 29.5 Å². The molecule has 0 aromatic heterocycles. The van der Waals surface area contributed by atoms with E-state index in [1.807, 2.05) is 0 Å². The molecule has 1 rings (SSSR count). The number of carboxylic acid groups (broad SMARTS) is 2. The van der Waals surface area contributed by atoms with E-state index in [0.29, 0.717) is 6.42 Å². The van der Waals surface area contributed by atoms with Gasteiger partial charge in [-0.25, -0.2) is 4.79 Å². The molecule has 2 unspecified atom stereocenters. The number of unbranched alkanes of at least 4 members (excludes halogenated alkanes) is 9. The highest BCUT2D eigenvalue weighted by Crippen LogP contribution is 2.27. The minimum absolute atomic E-state index is 0.0730. The van der Waals surface area contributed by atoms with Gasteiger partial charge in [0.25, 0.3) is 0 Å². The summed E-state index contributed by atoms with van der Waals surface area (Å²) in [5, 5.41) is 29.1. The van der Waals surface area contributed by atoms with E-state index in [1.165, 1.54) is 39.0 Å². The lowest BCUT2D eigenvalue weighted by Gasteiger charge is -2.29. The van der Waals surface area contributed by atoms with Crippen LogP contribution in [-0.2, 0) is 33.6 Å². The van der Waals surface area contributed by atoms with Crippen LogP contribution in [0.2, 0.25) is 0 Å². The van der Waals surface area contributed by atoms with E-state index in [0.717, 1.165) is 57.8 Å². The van der Waals surface area contributed by atoms with Crippen LogP contribution in [0.5, 0.6) is 0 Å². The normalized spacial score (nSPS) is 15.7. The molecule has 0 aromatic rings. The van der Waals surface area contributed by atoms with Gasteiger partial charge in [0.1, 0.15) is 24.2 Å². The van der Waals surface area contributed by atoms with Crippen molar-refractivity contribution in [3.8, 4) is 0 Å². The minimum atomic E-state index is -1.60. The lowest BCUT2D eigenvalue weighted by molar-refractivity contribution is -0.144. The van der Waals surface area contributed by atoms with E-state index in [-0.39, 0.29) is 31.6 Å². The monoisotopic (exact) mass is 681 g/mol. The number of amides is 5. The minimum Gasteiger partial charge on any atom is -0.481 e. The Labute approximate surface area is 284 Å². The number of primary amides is 1. The van der Waals surface area contributed by atoms with Gasteiger partial charge in [0, 0.05) is 13.3 Å². The molecule has 1 aliphatic rings. The van der Waals surface area contributed by atoms with Crippen molar-refractivity contribution in [2.24, 2.45) is 11.7 Å². The van der Waals surface area contributed by atoms with Gasteiger partial charge in [-0.15, -0.1) is 0 Å². The summed E-state index contributed by atoms with van der Waals surface area (Å²) in [5.41, 5.74) is 5.22. The molecular formula is C34H59N5O9. The number of carbonyl (C=O) groups excluding carboxylic acids is 5. The SMILES string of the molecule is CCCCCCCCCCCCC(NC(=O)[C@H](CC(=O)O)NC(=O)C(CC1CCCCC1)NC(=O)[C@H](CCC(N)=O)NC(C)=O)C(=O)O. The summed E-state index contributed by atoms with van der Waals surface area (Å²) in [4.78, 5) is 86.7. The van der Waals surface area contributed by atoms with E-state index in [9.17, 15) is 43.8 Å². The molecule has 0 heterocycles. The maximum absolute atomic E-state index is 13.6. The number of nitrogens with one attached hydrogen (secondary N) is 4. The first kappa shape index (κ1) is 42.3. The molecule has 1 fully saturated rings. The first-order chi connectivity index (χ1) is 22.8. The smallest absolute Gasteiger partial charge is 0.326 e. The summed E-state index contributed by atoms with van der Waals surface area (Å²) in [7, 11) is 0. The van der Waals surface area contributed by atoms with Crippen molar-refractivity contribution in [2.45, 2.75) is 166 Å². The van der Waals surface area contributed by atoms with E-state index in [1.54, 1.807) is 0 Å². The van der Waals surface area contributed by atoms with E-state index < -0.39 is 72.1 Å². The molecule has 8 N–H and O–H groups in total. The lowest BCUT2D eigenvalue weighted by Crippen LogP contribution is -2.58.